The van der Waals surface area contributed by atoms with Crippen LogP contribution in [0, 0.1) is 0 Å². The summed E-state index contributed by atoms with van der Waals surface area (Å²) in [7, 11) is -18.2. The highest BCUT2D eigenvalue weighted by Crippen LogP contribution is 2.51. The molecular weight excluding hydrogens is 905 g/mol. The fraction of sp³-hybridized carbons (Fsp3) is 0.450. The van der Waals surface area contributed by atoms with E-state index in [1.54, 1.807) is 41.6 Å². The number of hydrogen-bond donors (Lipinski definition) is 4. The van der Waals surface area contributed by atoms with Crippen molar-refractivity contribution in [2.45, 2.75) is 86.3 Å². The molecule has 0 saturated heterocycles. The topological polar surface area (TPSA) is 293 Å². The van der Waals surface area contributed by atoms with Gasteiger partial charge in [0.05, 0.1) is 26.7 Å². The van der Waals surface area contributed by atoms with Gasteiger partial charge < -0.3 is 14.8 Å². The summed E-state index contributed by atoms with van der Waals surface area (Å²) >= 11 is 0. The lowest BCUT2D eigenvalue weighted by Gasteiger charge is -2.30. The van der Waals surface area contributed by atoms with Gasteiger partial charge in [-0.15, -0.1) is 0 Å². The second kappa shape index (κ2) is 18.8. The van der Waals surface area contributed by atoms with Gasteiger partial charge in [0, 0.05) is 79.1 Å². The zero-order valence-corrected chi connectivity index (χ0v) is 38.0. The van der Waals surface area contributed by atoms with Crippen molar-refractivity contribution < 1.29 is 70.8 Å². The predicted molar refractivity (Wildman–Crippen MR) is 229 cm³/mol. The van der Waals surface area contributed by atoms with Crippen LogP contribution < -0.4 is 10.2 Å². The molecule has 0 spiro atoms. The lowest BCUT2D eigenvalue weighted by atomic mass is 9.77. The summed E-state index contributed by atoms with van der Waals surface area (Å²) in [5, 5.41) is 2.69. The molecule has 2 aromatic carbocycles. The van der Waals surface area contributed by atoms with Crippen LogP contribution in [0.5, 0.6) is 0 Å². The van der Waals surface area contributed by atoms with Gasteiger partial charge in [0.1, 0.15) is 16.7 Å². The first kappa shape index (κ1) is 49.4. The average molecular weight is 955 g/mol. The number of benzene rings is 2. The van der Waals surface area contributed by atoms with Crippen molar-refractivity contribution in [1.82, 2.24) is 10.2 Å². The van der Waals surface area contributed by atoms with Crippen molar-refractivity contribution in [2.75, 3.05) is 42.6 Å². The number of fused-ring (bicyclic) bond motifs is 2. The first-order valence-corrected chi connectivity index (χ1v) is 25.9. The number of carbonyl (C=O) groups excluding carboxylic acids is 3. The molecule has 3 aliphatic heterocycles. The van der Waals surface area contributed by atoms with Gasteiger partial charge in [-0.05, 0) is 82.0 Å². The average Bonchev–Trinajstić information content (AvgIpc) is 3.68. The number of imide groups is 1. The summed E-state index contributed by atoms with van der Waals surface area (Å²) in [6.45, 7) is 5.62. The van der Waals surface area contributed by atoms with Gasteiger partial charge in [0.25, 0.3) is 42.2 Å². The van der Waals surface area contributed by atoms with Crippen LogP contribution in [0.4, 0.5) is 11.4 Å². The van der Waals surface area contributed by atoms with Gasteiger partial charge in [-0.25, -0.2) is 8.42 Å². The zero-order valence-electron chi connectivity index (χ0n) is 34.8. The molecule has 0 bridgehead atoms. The van der Waals surface area contributed by atoms with E-state index in [4.69, 9.17) is 0 Å². The van der Waals surface area contributed by atoms with Crippen molar-refractivity contribution in [2.24, 2.45) is 0 Å². The van der Waals surface area contributed by atoms with E-state index in [1.807, 2.05) is 6.92 Å². The summed E-state index contributed by atoms with van der Waals surface area (Å²) in [5.41, 5.74) is 1.12. The van der Waals surface area contributed by atoms with Crippen molar-refractivity contribution in [3.05, 3.63) is 83.6 Å². The van der Waals surface area contributed by atoms with E-state index in [-0.39, 0.29) is 56.2 Å². The monoisotopic (exact) mass is 954 g/mol. The van der Waals surface area contributed by atoms with Crippen molar-refractivity contribution in [1.29, 1.82) is 0 Å². The Hall–Kier alpha value is -4.62. The minimum atomic E-state index is -4.92. The van der Waals surface area contributed by atoms with Crippen LogP contribution >= 0.6 is 0 Å². The molecule has 344 valence electrons. The molecule has 5 rings (SSSR count). The Balaban J connectivity index is 1.48. The van der Waals surface area contributed by atoms with Crippen LogP contribution in [0.25, 0.3) is 0 Å². The first-order valence-electron chi connectivity index (χ1n) is 19.9. The third-order valence-corrected chi connectivity index (χ3v) is 14.7. The van der Waals surface area contributed by atoms with Gasteiger partial charge in [-0.3, -0.25) is 32.9 Å². The number of unbranched alkanes of at least 4 members (excludes halogenated alkanes) is 2. The van der Waals surface area contributed by atoms with Gasteiger partial charge in [0.15, 0.2) is 5.71 Å². The molecule has 3 amide bonds. The summed E-state index contributed by atoms with van der Waals surface area (Å²) in [6, 6.07) is 7.91. The smallest absolute Gasteiger partial charge is 0.294 e. The Labute approximate surface area is 367 Å². The number of rotatable bonds is 21. The molecule has 19 nitrogen and oxygen atoms in total. The zero-order chi connectivity index (χ0) is 46.8. The predicted octanol–water partition coefficient (Wildman–Crippen LogP) is 2.98. The fourth-order valence-electron chi connectivity index (χ4n) is 8.28. The van der Waals surface area contributed by atoms with E-state index in [1.165, 1.54) is 30.3 Å². The molecule has 0 fully saturated rings. The molecule has 2 aromatic rings. The Kier molecular flexibility index (Phi) is 14.8. The van der Waals surface area contributed by atoms with E-state index < -0.39 is 79.5 Å². The van der Waals surface area contributed by atoms with Crippen molar-refractivity contribution >= 4 is 75.3 Å². The number of anilines is 1. The number of nitrogens with one attached hydrogen (secondary N) is 1. The van der Waals surface area contributed by atoms with Crippen LogP contribution in [-0.4, -0.2) is 122 Å². The third kappa shape index (κ3) is 11.9. The second-order valence-electron chi connectivity index (χ2n) is 16.2. The molecular formula is C40H50N4O15S4. The quantitative estimate of drug-likeness (QED) is 0.0605. The second-order valence-corrected chi connectivity index (χ2v) is 22.1. The lowest BCUT2D eigenvalue weighted by molar-refractivity contribution is -0.437. The lowest BCUT2D eigenvalue weighted by Crippen LogP contribution is -2.38. The highest BCUT2D eigenvalue weighted by Gasteiger charge is 2.46. The molecule has 1 unspecified atom stereocenters. The van der Waals surface area contributed by atoms with Gasteiger partial charge in [0.2, 0.25) is 11.6 Å². The number of hydrogen-bond acceptors (Lipinski definition) is 13. The van der Waals surface area contributed by atoms with Gasteiger partial charge in [-0.2, -0.15) is 29.8 Å². The number of carbonyl (C=O) groups is 3. The highest BCUT2D eigenvalue weighted by molar-refractivity contribution is 7.86. The van der Waals surface area contributed by atoms with Crippen LogP contribution in [0.15, 0.2) is 82.3 Å². The molecule has 0 aromatic heterocycles. The summed E-state index contributed by atoms with van der Waals surface area (Å²) < 4.78 is 138. The Morgan fingerprint density at radius 1 is 0.778 bits per heavy atom. The minimum Gasteiger partial charge on any atom is -0.744 e. The number of amides is 3. The Bertz CT molecular complexity index is 2740. The molecule has 0 aliphatic carbocycles. The highest BCUT2D eigenvalue weighted by atomic mass is 32.2. The van der Waals surface area contributed by atoms with E-state index in [9.17, 15) is 66.3 Å². The van der Waals surface area contributed by atoms with Crippen LogP contribution in [0.2, 0.25) is 0 Å². The first-order chi connectivity index (χ1) is 29.1. The maximum atomic E-state index is 12.6. The van der Waals surface area contributed by atoms with Crippen LogP contribution in [0.3, 0.4) is 0 Å². The maximum Gasteiger partial charge on any atom is 0.294 e. The molecule has 1 atom stereocenters. The van der Waals surface area contributed by atoms with Gasteiger partial charge >= 0.3 is 0 Å². The molecule has 4 N–H and O–H groups in total. The largest absolute Gasteiger partial charge is 0.744 e. The Morgan fingerprint density at radius 2 is 1.40 bits per heavy atom. The summed E-state index contributed by atoms with van der Waals surface area (Å²) in [6.07, 6.45) is 9.25. The van der Waals surface area contributed by atoms with E-state index in [2.05, 4.69) is 5.32 Å². The van der Waals surface area contributed by atoms with E-state index in [0.29, 0.717) is 59.6 Å². The minimum absolute atomic E-state index is 0.0181. The summed E-state index contributed by atoms with van der Waals surface area (Å²) in [5.74, 6) is -2.38. The van der Waals surface area contributed by atoms with E-state index >= 15 is 0 Å². The summed E-state index contributed by atoms with van der Waals surface area (Å²) in [4.78, 5) is 38.1. The molecule has 63 heavy (non-hydrogen) atoms. The van der Waals surface area contributed by atoms with Crippen molar-refractivity contribution in [3.8, 4) is 0 Å². The Morgan fingerprint density at radius 3 is 2.02 bits per heavy atom. The normalized spacial score (nSPS) is 19.5. The molecule has 3 aliphatic rings. The van der Waals surface area contributed by atoms with Crippen LogP contribution in [-0.2, 0) is 65.7 Å². The number of nitrogens with zero attached hydrogens (tertiary/aromatic N) is 3. The molecule has 0 radical (unpaired) electrons. The molecule has 0 saturated carbocycles. The maximum absolute atomic E-state index is 12.6. The molecule has 23 heteroatoms. The van der Waals surface area contributed by atoms with Crippen molar-refractivity contribution in [3.63, 3.8) is 0 Å². The van der Waals surface area contributed by atoms with E-state index in [0.717, 1.165) is 23.1 Å². The number of allylic oxidation sites excluding steroid dienone is 4. The standard InChI is InChI=1S/C40H50N4O15S4/c1-39(2)30-26-28(62(54,55)56)13-15-32(30)42(21-8-24-60(48,49)50)34(39)10-7-11-35-40(3,19-6-4-5-12-36(45)41-20-23-44-37(46)17-18-38(44)47)31-27-29(63(57,58)59)14-16-33(31)43(35)22-9-25-61(51,52)53/h7,10-11,13-18,26-27H,4-6,8-9,12,19-25H2,1-3H3,(H4-,41,45,48,49,50,51,52,53,54,55,56,57,58,59). The molecule has 3 heterocycles. The van der Waals surface area contributed by atoms with Gasteiger partial charge in [-0.1, -0.05) is 18.9 Å². The fourth-order valence-corrected chi connectivity index (χ4v) is 10.3. The third-order valence-electron chi connectivity index (χ3n) is 11.4. The van der Waals surface area contributed by atoms with Crippen LogP contribution in [0.1, 0.15) is 76.8 Å². The SMILES string of the molecule is CC1(C)C(/C=C/C=C2/N(CCCS(=O)(=O)O)c3ccc(S(=O)(=O)[O-])cc3C2(C)CCCCCC(=O)NCCN2C(=O)C=CC2=O)=[N+](CCCS(=O)(=O)O)c2ccc(S(=O)(=O)O)cc21.